The lowest BCUT2D eigenvalue weighted by atomic mass is 10.2. The highest BCUT2D eigenvalue weighted by atomic mass is 19.4. The van der Waals surface area contributed by atoms with E-state index >= 15 is 0 Å². The van der Waals surface area contributed by atoms with E-state index in [1.165, 1.54) is 11.0 Å². The van der Waals surface area contributed by atoms with E-state index in [-0.39, 0.29) is 52.2 Å². The SMILES string of the molecule is CC(C)(C)OC(=O)N1CCC(n2nc(C(=O)Nc3nc4cc(C(F)(F)F)ccc4o3)c3c(N)ncnc32)C1. The fraction of sp³-hybridized carbons (Fsp3) is 0.391. The molecule has 2 amide bonds. The van der Waals surface area contributed by atoms with Crippen LogP contribution in [0.2, 0.25) is 0 Å². The van der Waals surface area contributed by atoms with Gasteiger partial charge in [-0.2, -0.15) is 23.3 Å². The van der Waals surface area contributed by atoms with Gasteiger partial charge in [-0.25, -0.2) is 19.4 Å². The Hall–Kier alpha value is -4.43. The third kappa shape index (κ3) is 4.78. The van der Waals surface area contributed by atoms with Gasteiger partial charge < -0.3 is 19.8 Å². The number of hydrogen-bond donors (Lipinski definition) is 2. The Bertz CT molecular complexity index is 1560. The second-order valence-corrected chi connectivity index (χ2v) is 9.77. The number of ether oxygens (including phenoxy) is 1. The van der Waals surface area contributed by atoms with Gasteiger partial charge in [0.2, 0.25) is 0 Å². The van der Waals surface area contributed by atoms with Crippen LogP contribution in [-0.2, 0) is 10.9 Å². The molecule has 15 heteroatoms. The fourth-order valence-electron chi connectivity index (χ4n) is 4.16. The van der Waals surface area contributed by atoms with Gasteiger partial charge in [-0.3, -0.25) is 10.1 Å². The molecular formula is C23H23F3N8O4. The molecule has 4 heterocycles. The van der Waals surface area contributed by atoms with Crippen LogP contribution in [0, 0.1) is 0 Å². The minimum absolute atomic E-state index is 0.000722. The highest BCUT2D eigenvalue weighted by Crippen LogP contribution is 2.33. The summed E-state index contributed by atoms with van der Waals surface area (Å²) in [6, 6.07) is 2.15. The van der Waals surface area contributed by atoms with E-state index in [0.717, 1.165) is 18.2 Å². The van der Waals surface area contributed by atoms with Gasteiger partial charge >= 0.3 is 18.3 Å². The highest BCUT2D eigenvalue weighted by molar-refractivity contribution is 6.12. The molecule has 5 rings (SSSR count). The molecule has 0 bridgehead atoms. The van der Waals surface area contributed by atoms with Crippen LogP contribution < -0.4 is 11.1 Å². The maximum atomic E-state index is 13.2. The zero-order valence-electron chi connectivity index (χ0n) is 20.5. The van der Waals surface area contributed by atoms with Gasteiger partial charge in [-0.15, -0.1) is 0 Å². The highest BCUT2D eigenvalue weighted by Gasteiger charge is 2.34. The van der Waals surface area contributed by atoms with E-state index in [0.29, 0.717) is 13.0 Å². The van der Waals surface area contributed by atoms with Crippen molar-refractivity contribution < 1.29 is 31.9 Å². The number of nitrogens with two attached hydrogens (primary N) is 1. The van der Waals surface area contributed by atoms with Crippen molar-refractivity contribution in [3.63, 3.8) is 0 Å². The van der Waals surface area contributed by atoms with Crippen LogP contribution >= 0.6 is 0 Å². The standard InChI is InChI=1S/C23H23F3N8O4/c1-22(2,3)38-21(36)33-7-6-12(9-33)34-18-15(17(27)28-10-29-18)16(32-34)19(35)31-20-30-13-8-11(23(24,25)26)4-5-14(13)37-20/h4-5,8,10,12H,6-7,9H2,1-3H3,(H2,27,28,29)(H,30,31,35). The molecule has 1 aromatic carbocycles. The molecule has 1 aliphatic rings. The molecule has 0 saturated carbocycles. The maximum absolute atomic E-state index is 13.2. The molecule has 1 unspecified atom stereocenters. The van der Waals surface area contributed by atoms with E-state index in [1.54, 1.807) is 25.7 Å². The average molecular weight is 532 g/mol. The summed E-state index contributed by atoms with van der Waals surface area (Å²) in [4.78, 5) is 39.4. The van der Waals surface area contributed by atoms with Crippen LogP contribution in [0.25, 0.3) is 22.1 Å². The van der Waals surface area contributed by atoms with Gasteiger partial charge in [0.1, 0.15) is 23.3 Å². The van der Waals surface area contributed by atoms with Crippen LogP contribution in [0.5, 0.6) is 0 Å². The van der Waals surface area contributed by atoms with Crippen molar-refractivity contribution in [2.24, 2.45) is 0 Å². The van der Waals surface area contributed by atoms with Crippen molar-refractivity contribution >= 4 is 46.0 Å². The lowest BCUT2D eigenvalue weighted by Gasteiger charge is -2.24. The van der Waals surface area contributed by atoms with Gasteiger partial charge in [0.15, 0.2) is 16.9 Å². The number of carbonyl (C=O) groups excluding carboxylic acids is 2. The summed E-state index contributed by atoms with van der Waals surface area (Å²) < 4.78 is 51.4. The molecule has 1 saturated heterocycles. The number of hydrogen-bond acceptors (Lipinski definition) is 9. The fourth-order valence-corrected chi connectivity index (χ4v) is 4.16. The zero-order valence-corrected chi connectivity index (χ0v) is 20.5. The van der Waals surface area contributed by atoms with Gasteiger partial charge in [-0.05, 0) is 45.4 Å². The smallest absolute Gasteiger partial charge is 0.416 e. The molecule has 1 atom stereocenters. The van der Waals surface area contributed by atoms with E-state index in [4.69, 9.17) is 14.9 Å². The lowest BCUT2D eigenvalue weighted by Crippen LogP contribution is -2.35. The number of nitrogens with one attached hydrogen (secondary N) is 1. The van der Waals surface area contributed by atoms with Crippen molar-refractivity contribution in [1.82, 2.24) is 29.6 Å². The minimum atomic E-state index is -4.56. The number of nitrogens with zero attached hydrogens (tertiary/aromatic N) is 6. The molecule has 4 aromatic rings. The summed E-state index contributed by atoms with van der Waals surface area (Å²) in [5, 5.41) is 7.01. The average Bonchev–Trinajstić information content (AvgIpc) is 3.53. The van der Waals surface area contributed by atoms with Crippen LogP contribution in [0.15, 0.2) is 28.9 Å². The Balaban J connectivity index is 1.43. The van der Waals surface area contributed by atoms with Gasteiger partial charge in [0.25, 0.3) is 5.91 Å². The first kappa shape index (κ1) is 25.2. The second-order valence-electron chi connectivity index (χ2n) is 9.77. The lowest BCUT2D eigenvalue weighted by molar-refractivity contribution is -0.137. The number of oxazole rings is 1. The van der Waals surface area contributed by atoms with Crippen molar-refractivity contribution in [2.45, 2.75) is 45.0 Å². The first-order valence-corrected chi connectivity index (χ1v) is 11.6. The molecule has 0 aliphatic carbocycles. The van der Waals surface area contributed by atoms with Crippen LogP contribution in [0.4, 0.5) is 29.8 Å². The molecule has 1 fully saturated rings. The molecular weight excluding hydrogens is 509 g/mol. The monoisotopic (exact) mass is 532 g/mol. The summed E-state index contributed by atoms with van der Waals surface area (Å²) in [5.41, 5.74) is 4.62. The van der Waals surface area contributed by atoms with Crippen molar-refractivity contribution in [3.8, 4) is 0 Å². The minimum Gasteiger partial charge on any atom is -0.444 e. The Labute approximate surface area is 213 Å². The molecule has 12 nitrogen and oxygen atoms in total. The predicted molar refractivity (Wildman–Crippen MR) is 128 cm³/mol. The summed E-state index contributed by atoms with van der Waals surface area (Å²) in [6.45, 7) is 6.00. The molecule has 38 heavy (non-hydrogen) atoms. The van der Waals surface area contributed by atoms with Crippen molar-refractivity contribution in [2.75, 3.05) is 24.1 Å². The summed E-state index contributed by atoms with van der Waals surface area (Å²) in [6.07, 6.45) is -3.27. The Morgan fingerprint density at radius 1 is 1.21 bits per heavy atom. The number of anilines is 2. The summed E-state index contributed by atoms with van der Waals surface area (Å²) in [5.74, 6) is -0.777. The summed E-state index contributed by atoms with van der Waals surface area (Å²) >= 11 is 0. The van der Waals surface area contributed by atoms with Crippen LogP contribution in [0.1, 0.15) is 49.3 Å². The normalized spacial score (nSPS) is 16.4. The first-order valence-electron chi connectivity index (χ1n) is 11.6. The number of fused-ring (bicyclic) bond motifs is 2. The molecule has 0 radical (unpaired) electrons. The number of benzene rings is 1. The van der Waals surface area contributed by atoms with Crippen LogP contribution in [-0.4, -0.2) is 60.3 Å². The third-order valence-electron chi connectivity index (χ3n) is 5.83. The Morgan fingerprint density at radius 3 is 2.68 bits per heavy atom. The van der Waals surface area contributed by atoms with Gasteiger partial charge in [-0.1, -0.05) is 0 Å². The molecule has 200 valence electrons. The van der Waals surface area contributed by atoms with E-state index < -0.39 is 29.3 Å². The number of carbonyl (C=O) groups is 2. The number of alkyl halides is 3. The number of amides is 2. The van der Waals surface area contributed by atoms with E-state index in [1.807, 2.05) is 0 Å². The van der Waals surface area contributed by atoms with E-state index in [2.05, 4.69) is 25.4 Å². The first-order chi connectivity index (χ1) is 17.8. The molecule has 0 spiro atoms. The predicted octanol–water partition coefficient (Wildman–Crippen LogP) is 4.00. The Kier molecular flexibility index (Phi) is 5.87. The Morgan fingerprint density at radius 2 is 1.97 bits per heavy atom. The number of halogens is 3. The topological polar surface area (TPSA) is 154 Å². The largest absolute Gasteiger partial charge is 0.444 e. The molecule has 1 aliphatic heterocycles. The number of aromatic nitrogens is 5. The maximum Gasteiger partial charge on any atom is 0.416 e. The summed E-state index contributed by atoms with van der Waals surface area (Å²) in [7, 11) is 0. The quantitative estimate of drug-likeness (QED) is 0.398. The number of rotatable bonds is 3. The van der Waals surface area contributed by atoms with Gasteiger partial charge in [0, 0.05) is 13.1 Å². The van der Waals surface area contributed by atoms with Crippen molar-refractivity contribution in [3.05, 3.63) is 35.8 Å². The number of nitrogen functional groups attached to an aromatic ring is 1. The zero-order chi connectivity index (χ0) is 27.4. The third-order valence-corrected chi connectivity index (χ3v) is 5.83. The molecule has 3 N–H and O–H groups in total. The van der Waals surface area contributed by atoms with Crippen LogP contribution in [0.3, 0.4) is 0 Å². The molecule has 3 aromatic heterocycles. The van der Waals surface area contributed by atoms with Gasteiger partial charge in [0.05, 0.1) is 17.0 Å². The second kappa shape index (κ2) is 8.85. The number of likely N-dealkylation sites (tertiary alicyclic amines) is 1. The van der Waals surface area contributed by atoms with Crippen molar-refractivity contribution in [1.29, 1.82) is 0 Å². The van der Waals surface area contributed by atoms with E-state index in [9.17, 15) is 22.8 Å².